The largest absolute Gasteiger partial charge is 0.479 e. The van der Waals surface area contributed by atoms with Crippen LogP contribution in [0.1, 0.15) is 30.0 Å². The van der Waals surface area contributed by atoms with Gasteiger partial charge >= 0.3 is 5.97 Å². The van der Waals surface area contributed by atoms with Crippen LogP contribution in [0.4, 0.5) is 0 Å². The van der Waals surface area contributed by atoms with Gasteiger partial charge in [-0.25, -0.2) is 4.79 Å². The summed E-state index contributed by atoms with van der Waals surface area (Å²) in [5.74, 6) is 6.99. The minimum atomic E-state index is -0.947. The van der Waals surface area contributed by atoms with E-state index < -0.39 is 12.1 Å². The minimum absolute atomic E-state index is 0.416. The van der Waals surface area contributed by atoms with Crippen LogP contribution in [0.5, 0.6) is 5.75 Å². The zero-order chi connectivity index (χ0) is 23.6. The number of ether oxygens (including phenoxy) is 1. The summed E-state index contributed by atoms with van der Waals surface area (Å²) in [5, 5.41) is 9.22. The topological polar surface area (TPSA) is 46.5 Å². The molecule has 3 rings (SSSR count). The van der Waals surface area contributed by atoms with Crippen molar-refractivity contribution in [1.82, 2.24) is 0 Å². The lowest BCUT2D eigenvalue weighted by molar-refractivity contribution is -0.145. The fourth-order valence-corrected chi connectivity index (χ4v) is 4.19. The van der Waals surface area contributed by atoms with Crippen molar-refractivity contribution in [2.24, 2.45) is 0 Å². The van der Waals surface area contributed by atoms with Crippen LogP contribution in [-0.4, -0.2) is 22.9 Å². The van der Waals surface area contributed by atoms with Crippen molar-refractivity contribution in [1.29, 1.82) is 0 Å². The van der Waals surface area contributed by atoms with E-state index in [2.05, 4.69) is 46.0 Å². The second-order valence-corrected chi connectivity index (χ2v) is 9.34. The first kappa shape index (κ1) is 24.7. The summed E-state index contributed by atoms with van der Waals surface area (Å²) in [6.07, 6.45) is 1.72. The Morgan fingerprint density at radius 2 is 1.85 bits per heavy atom. The van der Waals surface area contributed by atoms with Crippen LogP contribution >= 0.6 is 27.7 Å². The molecule has 0 saturated carbocycles. The Kier molecular flexibility index (Phi) is 9.24. The number of benzene rings is 3. The molecule has 5 heteroatoms. The molecule has 0 aliphatic rings. The number of hydrogen-bond acceptors (Lipinski definition) is 3. The van der Waals surface area contributed by atoms with Gasteiger partial charge in [0.2, 0.25) is 0 Å². The van der Waals surface area contributed by atoms with Crippen molar-refractivity contribution < 1.29 is 14.6 Å². The molecular weight excluding hydrogens is 496 g/mol. The molecule has 1 N–H and O–H groups in total. The first-order valence-electron chi connectivity index (χ1n) is 10.6. The lowest BCUT2D eigenvalue weighted by Crippen LogP contribution is -2.26. The van der Waals surface area contributed by atoms with Gasteiger partial charge in [0.25, 0.3) is 0 Å². The number of rotatable bonds is 8. The van der Waals surface area contributed by atoms with E-state index in [0.717, 1.165) is 37.4 Å². The molecule has 0 aromatic heterocycles. The number of halogens is 1. The highest BCUT2D eigenvalue weighted by Crippen LogP contribution is 2.28. The van der Waals surface area contributed by atoms with Crippen LogP contribution in [0, 0.1) is 18.8 Å². The van der Waals surface area contributed by atoms with Gasteiger partial charge in [0.05, 0.1) is 0 Å². The number of aliphatic carboxylic acids is 1. The third kappa shape index (κ3) is 7.56. The fraction of sp³-hybridized carbons (Fsp3) is 0.179. The molecule has 0 radical (unpaired) electrons. The van der Waals surface area contributed by atoms with Gasteiger partial charge in [0.1, 0.15) is 5.75 Å². The highest BCUT2D eigenvalue weighted by atomic mass is 79.9. The smallest absolute Gasteiger partial charge is 0.344 e. The van der Waals surface area contributed by atoms with Crippen LogP contribution in [0.3, 0.4) is 0 Å². The molecule has 33 heavy (non-hydrogen) atoms. The molecule has 3 nitrogen and oxygen atoms in total. The van der Waals surface area contributed by atoms with Crippen molar-refractivity contribution in [3.8, 4) is 17.6 Å². The molecule has 1 unspecified atom stereocenters. The molecule has 0 bridgehead atoms. The lowest BCUT2D eigenvalue weighted by Gasteiger charge is -2.15. The molecular formula is C28H25BrO3S. The highest BCUT2D eigenvalue weighted by Gasteiger charge is 2.17. The molecule has 1 atom stereocenters. The van der Waals surface area contributed by atoms with Crippen LogP contribution in [0.25, 0.3) is 5.57 Å². The summed E-state index contributed by atoms with van der Waals surface area (Å²) in [6, 6.07) is 23.9. The average Bonchev–Trinajstić information content (AvgIpc) is 2.82. The van der Waals surface area contributed by atoms with Crippen molar-refractivity contribution in [3.05, 3.63) is 100 Å². The summed E-state index contributed by atoms with van der Waals surface area (Å²) in [7, 11) is 0. The monoisotopic (exact) mass is 520 g/mol. The van der Waals surface area contributed by atoms with Gasteiger partial charge in [-0.2, -0.15) is 0 Å². The Balaban J connectivity index is 1.75. The molecule has 0 aliphatic carbocycles. The van der Waals surface area contributed by atoms with Crippen LogP contribution in [-0.2, 0) is 4.79 Å². The van der Waals surface area contributed by atoms with Gasteiger partial charge in [-0.15, -0.1) is 11.8 Å². The van der Waals surface area contributed by atoms with E-state index in [1.54, 1.807) is 18.7 Å². The fourth-order valence-electron chi connectivity index (χ4n) is 3.06. The van der Waals surface area contributed by atoms with E-state index in [9.17, 15) is 9.90 Å². The van der Waals surface area contributed by atoms with Gasteiger partial charge in [-0.1, -0.05) is 71.1 Å². The van der Waals surface area contributed by atoms with Crippen LogP contribution in [0.15, 0.2) is 88.2 Å². The van der Waals surface area contributed by atoms with Crippen LogP contribution < -0.4 is 4.74 Å². The zero-order valence-corrected chi connectivity index (χ0v) is 20.9. The van der Waals surface area contributed by atoms with Gasteiger partial charge < -0.3 is 9.84 Å². The predicted molar refractivity (Wildman–Crippen MR) is 140 cm³/mol. The van der Waals surface area contributed by atoms with Crippen molar-refractivity contribution >= 4 is 39.2 Å². The van der Waals surface area contributed by atoms with Crippen molar-refractivity contribution in [2.45, 2.75) is 31.3 Å². The quantitative estimate of drug-likeness (QED) is 0.251. The van der Waals surface area contributed by atoms with Crippen LogP contribution in [0.2, 0.25) is 0 Å². The first-order valence-corrected chi connectivity index (χ1v) is 12.4. The normalized spacial score (nSPS) is 11.9. The maximum atomic E-state index is 11.2. The standard InChI is InChI=1S/C28H25BrO3S/c1-3-26(28(30)31)32-27-16-15-25(19-20(27)2)33-18-17-23(22-11-13-24(29)14-12-22)10-9-21-7-5-4-6-8-21/h4-8,11-17,19,26H,3,18H2,1-2H3,(H,30,31)/b23-17+. The van der Waals surface area contributed by atoms with E-state index in [4.69, 9.17) is 4.74 Å². The Hall–Kier alpha value is -2.94. The maximum Gasteiger partial charge on any atom is 0.344 e. The molecule has 0 spiro atoms. The third-order valence-electron chi connectivity index (χ3n) is 4.87. The van der Waals surface area contributed by atoms with E-state index in [1.165, 1.54) is 0 Å². The maximum absolute atomic E-state index is 11.2. The van der Waals surface area contributed by atoms with Gasteiger partial charge in [-0.05, 0) is 66.9 Å². The van der Waals surface area contributed by atoms with Crippen molar-refractivity contribution in [3.63, 3.8) is 0 Å². The Morgan fingerprint density at radius 1 is 1.12 bits per heavy atom. The number of carbonyl (C=O) groups is 1. The summed E-state index contributed by atoms with van der Waals surface area (Å²) in [6.45, 7) is 3.73. The van der Waals surface area contributed by atoms with E-state index in [-0.39, 0.29) is 0 Å². The first-order chi connectivity index (χ1) is 16.0. The van der Waals surface area contributed by atoms with Gasteiger partial charge in [0, 0.05) is 26.3 Å². The number of carboxylic acid groups (broad SMARTS) is 1. The Labute approximate surface area is 208 Å². The number of thioether (sulfide) groups is 1. The zero-order valence-electron chi connectivity index (χ0n) is 18.5. The summed E-state index contributed by atoms with van der Waals surface area (Å²) in [5.41, 5.74) is 3.94. The Bertz CT molecular complexity index is 1180. The third-order valence-corrected chi connectivity index (χ3v) is 6.32. The number of allylic oxidation sites excluding steroid dienone is 1. The van der Waals surface area contributed by atoms with Gasteiger partial charge in [-0.3, -0.25) is 0 Å². The second-order valence-electron chi connectivity index (χ2n) is 7.33. The molecule has 3 aromatic carbocycles. The SMILES string of the molecule is CCC(Oc1ccc(SC/C=C(\C#Cc2ccccc2)c2ccc(Br)cc2)cc1C)C(=O)O. The summed E-state index contributed by atoms with van der Waals surface area (Å²) in [4.78, 5) is 12.3. The molecule has 0 heterocycles. The predicted octanol–water partition coefficient (Wildman–Crippen LogP) is 7.23. The number of hydrogen-bond donors (Lipinski definition) is 1. The number of carboxylic acids is 1. The lowest BCUT2D eigenvalue weighted by atomic mass is 10.1. The molecule has 3 aromatic rings. The molecule has 0 amide bonds. The molecule has 0 saturated heterocycles. The molecule has 0 fully saturated rings. The van der Waals surface area contributed by atoms with E-state index in [1.807, 2.05) is 67.6 Å². The summed E-state index contributed by atoms with van der Waals surface area (Å²) >= 11 is 5.19. The van der Waals surface area contributed by atoms with Gasteiger partial charge in [0.15, 0.2) is 6.10 Å². The summed E-state index contributed by atoms with van der Waals surface area (Å²) < 4.78 is 6.68. The highest BCUT2D eigenvalue weighted by molar-refractivity contribution is 9.10. The van der Waals surface area contributed by atoms with E-state index in [0.29, 0.717) is 12.2 Å². The second kappa shape index (κ2) is 12.3. The Morgan fingerprint density at radius 3 is 2.48 bits per heavy atom. The van der Waals surface area contributed by atoms with Crippen molar-refractivity contribution in [2.75, 3.05) is 5.75 Å². The number of aryl methyl sites for hydroxylation is 1. The van der Waals surface area contributed by atoms with E-state index >= 15 is 0 Å². The minimum Gasteiger partial charge on any atom is -0.479 e. The molecule has 168 valence electrons. The molecule has 0 aliphatic heterocycles. The average molecular weight is 521 g/mol.